The van der Waals surface area contributed by atoms with E-state index in [-0.39, 0.29) is 17.5 Å². The third-order valence-corrected chi connectivity index (χ3v) is 10.6. The zero-order valence-corrected chi connectivity index (χ0v) is 28.1. The fourth-order valence-electron chi connectivity index (χ4n) is 7.34. The Labute approximate surface area is 287 Å². The topological polar surface area (TPSA) is 115 Å². The summed E-state index contributed by atoms with van der Waals surface area (Å²) in [6.07, 6.45) is 4.00. The van der Waals surface area contributed by atoms with Gasteiger partial charge in [0.1, 0.15) is 17.0 Å². The molecule has 3 fully saturated rings. The number of piperazine rings is 1. The molecule has 3 aliphatic heterocycles. The minimum absolute atomic E-state index is 0.0649. The number of hydrogen-bond acceptors (Lipinski definition) is 10. The van der Waals surface area contributed by atoms with E-state index in [0.717, 1.165) is 43.0 Å². The predicted octanol–water partition coefficient (Wildman–Crippen LogP) is 5.95. The van der Waals surface area contributed by atoms with Gasteiger partial charge in [-0.25, -0.2) is 9.78 Å². The number of carbonyl (C=O) groups is 1. The van der Waals surface area contributed by atoms with E-state index in [2.05, 4.69) is 31.5 Å². The summed E-state index contributed by atoms with van der Waals surface area (Å²) in [5.41, 5.74) is 3.26. The number of fused-ring (bicyclic) bond motifs is 3. The van der Waals surface area contributed by atoms with Gasteiger partial charge in [0.15, 0.2) is 11.5 Å². The van der Waals surface area contributed by atoms with Crippen molar-refractivity contribution in [2.75, 3.05) is 38.3 Å². The van der Waals surface area contributed by atoms with Crippen LogP contribution in [0.3, 0.4) is 0 Å². The van der Waals surface area contributed by atoms with Crippen LogP contribution in [0, 0.1) is 16.7 Å². The van der Waals surface area contributed by atoms with Crippen molar-refractivity contribution in [2.45, 2.75) is 57.1 Å². The standard InChI is InChI=1S/C35H34Cl2N6O5/c1-34(29-7-6-22(36)16-39-29)47-28-5-3-4-24(32(28)48-34)42-13-12-41(26-18-46-19-27(26)42)17-30-40-31-23(37)14-21(33(44)45-2)15-25(31)43(30)20-35(8-9-35)10-11-38/h3-7,14-16,26-27H,8-10,12-13,17-20H2,1-2H3/t26-,27+,34?/m0/s1. The van der Waals surface area contributed by atoms with Crippen LogP contribution < -0.4 is 14.4 Å². The number of para-hydroxylation sites is 1. The molecule has 0 bridgehead atoms. The summed E-state index contributed by atoms with van der Waals surface area (Å²) in [5, 5.41) is 10.5. The van der Waals surface area contributed by atoms with E-state index in [4.69, 9.17) is 47.1 Å². The highest BCUT2D eigenvalue weighted by atomic mass is 35.5. The van der Waals surface area contributed by atoms with Gasteiger partial charge in [0, 0.05) is 44.6 Å². The Morgan fingerprint density at radius 1 is 1.12 bits per heavy atom. The molecule has 248 valence electrons. The Balaban J connectivity index is 1.09. The fraction of sp³-hybridized carbons (Fsp3) is 0.429. The van der Waals surface area contributed by atoms with Gasteiger partial charge in [-0.1, -0.05) is 29.3 Å². The van der Waals surface area contributed by atoms with E-state index in [1.807, 2.05) is 25.1 Å². The van der Waals surface area contributed by atoms with E-state index in [0.29, 0.717) is 71.0 Å². The van der Waals surface area contributed by atoms with Crippen LogP contribution in [0.25, 0.3) is 11.0 Å². The van der Waals surface area contributed by atoms with E-state index in [9.17, 15) is 10.1 Å². The van der Waals surface area contributed by atoms with Crippen molar-refractivity contribution < 1.29 is 23.7 Å². The second-order valence-electron chi connectivity index (χ2n) is 13.2. The van der Waals surface area contributed by atoms with Crippen LogP contribution in [-0.2, 0) is 28.4 Å². The Morgan fingerprint density at radius 3 is 2.71 bits per heavy atom. The number of nitrogens with zero attached hydrogens (tertiary/aromatic N) is 6. The Hall–Kier alpha value is -4.08. The molecule has 3 atom stereocenters. The molecule has 0 N–H and O–H groups in total. The van der Waals surface area contributed by atoms with Crippen LogP contribution in [0.4, 0.5) is 5.69 Å². The van der Waals surface area contributed by atoms with Crippen molar-refractivity contribution in [1.29, 1.82) is 5.26 Å². The number of anilines is 1. The monoisotopic (exact) mass is 688 g/mol. The van der Waals surface area contributed by atoms with E-state index >= 15 is 0 Å². The van der Waals surface area contributed by atoms with Crippen LogP contribution >= 0.6 is 23.2 Å². The van der Waals surface area contributed by atoms with Crippen LogP contribution in [0.5, 0.6) is 11.5 Å². The first-order valence-electron chi connectivity index (χ1n) is 16.1. The zero-order valence-electron chi connectivity index (χ0n) is 26.6. The summed E-state index contributed by atoms with van der Waals surface area (Å²) in [6, 6.07) is 15.5. The number of methoxy groups -OCH3 is 1. The molecule has 2 saturated heterocycles. The molecule has 2 aromatic carbocycles. The molecular formula is C35H34Cl2N6O5. The molecule has 0 radical (unpaired) electrons. The van der Waals surface area contributed by atoms with Gasteiger partial charge in [0.2, 0.25) is 0 Å². The molecule has 1 aliphatic carbocycles. The number of esters is 1. The SMILES string of the molecule is COC(=O)c1cc(Cl)c2nc(CN3CCN(c4cccc5c4OC(C)(c4ccc(Cl)cn4)O5)[C@@H]4COC[C@@H]43)n(CC3(CC#N)CC3)c2c1. The summed E-state index contributed by atoms with van der Waals surface area (Å²) in [7, 11) is 1.35. The van der Waals surface area contributed by atoms with Gasteiger partial charge >= 0.3 is 5.97 Å². The summed E-state index contributed by atoms with van der Waals surface area (Å²) in [6.45, 7) is 5.68. The Morgan fingerprint density at radius 2 is 1.96 bits per heavy atom. The first kappa shape index (κ1) is 31.2. The molecule has 4 aliphatic rings. The average Bonchev–Trinajstić information content (AvgIpc) is 3.36. The normalized spacial score (nSPS) is 24.0. The van der Waals surface area contributed by atoms with Crippen LogP contribution in [0.2, 0.25) is 10.0 Å². The minimum atomic E-state index is -1.09. The lowest BCUT2D eigenvalue weighted by Gasteiger charge is -2.44. The maximum absolute atomic E-state index is 12.5. The molecule has 0 spiro atoms. The van der Waals surface area contributed by atoms with E-state index in [1.54, 1.807) is 24.4 Å². The van der Waals surface area contributed by atoms with Gasteiger partial charge in [-0.3, -0.25) is 9.88 Å². The van der Waals surface area contributed by atoms with Gasteiger partial charge in [-0.05, 0) is 49.2 Å². The lowest BCUT2D eigenvalue weighted by atomic mass is 10.0. The van der Waals surface area contributed by atoms with Crippen LogP contribution in [0.15, 0.2) is 48.7 Å². The molecule has 0 amide bonds. The van der Waals surface area contributed by atoms with Crippen molar-refractivity contribution in [3.63, 3.8) is 0 Å². The highest BCUT2D eigenvalue weighted by Gasteiger charge is 2.47. The number of rotatable bonds is 8. The van der Waals surface area contributed by atoms with Crippen LogP contribution in [0.1, 0.15) is 48.1 Å². The van der Waals surface area contributed by atoms with Crippen molar-refractivity contribution in [3.05, 3.63) is 75.8 Å². The minimum Gasteiger partial charge on any atom is -0.465 e. The zero-order chi connectivity index (χ0) is 33.2. The molecular weight excluding hydrogens is 655 g/mol. The highest BCUT2D eigenvalue weighted by molar-refractivity contribution is 6.35. The average molecular weight is 690 g/mol. The molecule has 8 rings (SSSR count). The van der Waals surface area contributed by atoms with Gasteiger partial charge in [-0.15, -0.1) is 0 Å². The Kier molecular flexibility index (Phi) is 7.68. The second-order valence-corrected chi connectivity index (χ2v) is 14.1. The molecule has 1 unspecified atom stereocenters. The molecule has 48 heavy (non-hydrogen) atoms. The molecule has 11 nitrogen and oxygen atoms in total. The van der Waals surface area contributed by atoms with Crippen molar-refractivity contribution in [1.82, 2.24) is 19.4 Å². The number of pyridine rings is 1. The molecule has 1 saturated carbocycles. The number of hydrogen-bond donors (Lipinski definition) is 0. The number of ether oxygens (including phenoxy) is 4. The predicted molar refractivity (Wildman–Crippen MR) is 178 cm³/mol. The maximum atomic E-state index is 12.5. The Bertz CT molecular complexity index is 1960. The molecule has 4 aromatic rings. The first-order valence-corrected chi connectivity index (χ1v) is 16.8. The number of imidazole rings is 1. The second kappa shape index (κ2) is 11.8. The molecule has 13 heteroatoms. The van der Waals surface area contributed by atoms with E-state index in [1.165, 1.54) is 7.11 Å². The number of aromatic nitrogens is 3. The molecule has 5 heterocycles. The third kappa shape index (κ3) is 5.31. The van der Waals surface area contributed by atoms with Crippen molar-refractivity contribution in [2.24, 2.45) is 5.41 Å². The van der Waals surface area contributed by atoms with Crippen molar-refractivity contribution in [3.8, 4) is 17.6 Å². The number of benzene rings is 2. The maximum Gasteiger partial charge on any atom is 0.337 e. The van der Waals surface area contributed by atoms with Gasteiger partial charge in [0.25, 0.3) is 5.79 Å². The summed E-state index contributed by atoms with van der Waals surface area (Å²) in [4.78, 5) is 26.8. The number of nitriles is 1. The molecule has 2 aromatic heterocycles. The van der Waals surface area contributed by atoms with Gasteiger partial charge < -0.3 is 28.4 Å². The van der Waals surface area contributed by atoms with Crippen molar-refractivity contribution >= 4 is 45.9 Å². The van der Waals surface area contributed by atoms with E-state index < -0.39 is 11.8 Å². The summed E-state index contributed by atoms with van der Waals surface area (Å²) >= 11 is 12.8. The lowest BCUT2D eigenvalue weighted by Crippen LogP contribution is -2.59. The number of halogens is 2. The third-order valence-electron chi connectivity index (χ3n) is 10.1. The largest absolute Gasteiger partial charge is 0.465 e. The smallest absolute Gasteiger partial charge is 0.337 e. The lowest BCUT2D eigenvalue weighted by molar-refractivity contribution is -0.0716. The quantitative estimate of drug-likeness (QED) is 0.206. The van der Waals surface area contributed by atoms with Gasteiger partial charge in [0.05, 0.1) is 71.8 Å². The van der Waals surface area contributed by atoms with Gasteiger partial charge in [-0.2, -0.15) is 5.26 Å². The fourth-order valence-corrected chi connectivity index (χ4v) is 7.71. The summed E-state index contributed by atoms with van der Waals surface area (Å²) < 4.78 is 26.2. The highest BCUT2D eigenvalue weighted by Crippen LogP contribution is 2.52. The van der Waals surface area contributed by atoms with Crippen LogP contribution in [-0.4, -0.2) is 70.9 Å². The first-order chi connectivity index (χ1) is 23.2. The summed E-state index contributed by atoms with van der Waals surface area (Å²) in [5.74, 6) is 0.643. The number of carbonyl (C=O) groups excluding carboxylic acids is 1.